The number of carbonyl (C=O) groups is 2. The Morgan fingerprint density at radius 1 is 1.03 bits per heavy atom. The Hall–Kier alpha value is -3.06. The van der Waals surface area contributed by atoms with Crippen molar-refractivity contribution in [1.29, 1.82) is 0 Å². The van der Waals surface area contributed by atoms with Crippen molar-refractivity contribution >= 4 is 17.5 Å². The molecule has 2 aliphatic heterocycles. The molecule has 2 amide bonds. The highest BCUT2D eigenvalue weighted by atomic mass is 16.5. The van der Waals surface area contributed by atoms with Crippen molar-refractivity contribution in [2.24, 2.45) is 0 Å². The molecule has 1 N–H and O–H groups in total. The minimum Gasteiger partial charge on any atom is -0.492 e. The third-order valence-corrected chi connectivity index (χ3v) is 6.62. The van der Waals surface area contributed by atoms with Crippen LogP contribution in [0.4, 0.5) is 5.69 Å². The van der Waals surface area contributed by atoms with Gasteiger partial charge in [-0.25, -0.2) is 0 Å². The average Bonchev–Trinajstić information content (AvgIpc) is 3.60. The zero-order valence-corrected chi connectivity index (χ0v) is 19.1. The molecule has 1 atom stereocenters. The lowest BCUT2D eigenvalue weighted by Gasteiger charge is -2.26. The number of anilines is 1. The fourth-order valence-corrected chi connectivity index (χ4v) is 4.55. The van der Waals surface area contributed by atoms with Crippen molar-refractivity contribution in [3.8, 4) is 11.5 Å². The molecule has 0 bridgehead atoms. The first-order chi connectivity index (χ1) is 16.1. The molecular weight excluding hydrogens is 418 g/mol. The molecule has 2 aromatic carbocycles. The minimum atomic E-state index is -0.449. The van der Waals surface area contributed by atoms with Crippen LogP contribution >= 0.6 is 0 Å². The van der Waals surface area contributed by atoms with Crippen LogP contribution < -0.4 is 19.7 Å². The zero-order chi connectivity index (χ0) is 22.8. The van der Waals surface area contributed by atoms with E-state index in [9.17, 15) is 9.59 Å². The van der Waals surface area contributed by atoms with Gasteiger partial charge in [0.2, 0.25) is 5.91 Å². The highest BCUT2D eigenvalue weighted by Gasteiger charge is 2.34. The van der Waals surface area contributed by atoms with Crippen LogP contribution in [0.15, 0.2) is 42.5 Å². The number of piperazine rings is 1. The summed E-state index contributed by atoms with van der Waals surface area (Å²) in [7, 11) is 0. The van der Waals surface area contributed by atoms with Crippen molar-refractivity contribution in [2.45, 2.75) is 38.2 Å². The Bertz CT molecular complexity index is 1020. The second kappa shape index (κ2) is 9.43. The number of benzene rings is 2. The molecule has 2 saturated heterocycles. The van der Waals surface area contributed by atoms with Crippen molar-refractivity contribution in [2.75, 3.05) is 44.2 Å². The number of hydrogen-bond donors (Lipinski definition) is 1. The molecule has 1 aliphatic carbocycles. The van der Waals surface area contributed by atoms with Gasteiger partial charge in [0, 0.05) is 38.3 Å². The molecule has 3 aliphatic rings. The van der Waals surface area contributed by atoms with Crippen LogP contribution in [0.2, 0.25) is 0 Å². The molecule has 0 aromatic heterocycles. The fraction of sp³-hybridized carbons (Fsp3) is 0.462. The smallest absolute Gasteiger partial charge is 0.268 e. The molecule has 33 heavy (non-hydrogen) atoms. The Morgan fingerprint density at radius 2 is 1.85 bits per heavy atom. The predicted octanol–water partition coefficient (Wildman–Crippen LogP) is 2.87. The first-order valence-corrected chi connectivity index (χ1v) is 11.9. The van der Waals surface area contributed by atoms with Gasteiger partial charge >= 0.3 is 0 Å². The molecule has 5 rings (SSSR count). The van der Waals surface area contributed by atoms with Crippen molar-refractivity contribution in [1.82, 2.24) is 10.2 Å². The van der Waals surface area contributed by atoms with Gasteiger partial charge in [-0.1, -0.05) is 12.1 Å². The molecule has 3 fully saturated rings. The summed E-state index contributed by atoms with van der Waals surface area (Å²) >= 11 is 0. The van der Waals surface area contributed by atoms with Crippen molar-refractivity contribution < 1.29 is 19.1 Å². The van der Waals surface area contributed by atoms with E-state index < -0.39 is 6.10 Å². The second-order valence-electron chi connectivity index (χ2n) is 9.15. The topological polar surface area (TPSA) is 71.1 Å². The van der Waals surface area contributed by atoms with Gasteiger partial charge in [0.25, 0.3) is 5.91 Å². The summed E-state index contributed by atoms with van der Waals surface area (Å²) in [5, 5.41) is 2.83. The van der Waals surface area contributed by atoms with E-state index in [4.69, 9.17) is 9.47 Å². The maximum atomic E-state index is 13.0. The first-order valence-electron chi connectivity index (χ1n) is 11.9. The lowest BCUT2D eigenvalue weighted by Crippen LogP contribution is -2.48. The van der Waals surface area contributed by atoms with Gasteiger partial charge in [0.05, 0.1) is 6.54 Å². The summed E-state index contributed by atoms with van der Waals surface area (Å²) < 4.78 is 12.0. The number of ether oxygens (including phenoxy) is 2. The summed E-state index contributed by atoms with van der Waals surface area (Å²) in [6.45, 7) is 5.81. The number of rotatable bonds is 8. The maximum absolute atomic E-state index is 13.0. The predicted molar refractivity (Wildman–Crippen MR) is 126 cm³/mol. The lowest BCUT2D eigenvalue weighted by atomic mass is 10.1. The Balaban J connectivity index is 1.15. The number of carbonyl (C=O) groups excluding carboxylic acids is 2. The van der Waals surface area contributed by atoms with Gasteiger partial charge in [-0.2, -0.15) is 0 Å². The average molecular weight is 450 g/mol. The molecule has 2 heterocycles. The molecule has 1 saturated carbocycles. The summed E-state index contributed by atoms with van der Waals surface area (Å²) in [5.41, 5.74) is 3.21. The summed E-state index contributed by atoms with van der Waals surface area (Å²) in [4.78, 5) is 28.4. The molecule has 7 nitrogen and oxygen atoms in total. The monoisotopic (exact) mass is 449 g/mol. The number of nitrogens with one attached hydrogen (secondary N) is 1. The minimum absolute atomic E-state index is 0.00212. The standard InChI is InChI=1S/C26H31N3O4/c1-18-16-21(6-9-23(18)32-15-14-28-13-11-27-25(30)17-28)29-12-10-24(26(29)31)33-22-7-4-20(5-8-22)19-2-3-19/h4-9,16,19,24H,2-3,10-15,17H2,1H3,(H,27,30)/t24-/m0/s1. The van der Waals surface area contributed by atoms with Gasteiger partial charge in [-0.05, 0) is 67.1 Å². The van der Waals surface area contributed by atoms with Gasteiger partial charge in [0.15, 0.2) is 6.10 Å². The van der Waals surface area contributed by atoms with E-state index >= 15 is 0 Å². The highest BCUT2D eigenvalue weighted by Crippen LogP contribution is 2.40. The van der Waals surface area contributed by atoms with Crippen LogP contribution in [0.3, 0.4) is 0 Å². The normalized spacial score (nSPS) is 21.2. The Kier molecular flexibility index (Phi) is 6.22. The van der Waals surface area contributed by atoms with Gasteiger partial charge < -0.3 is 19.7 Å². The van der Waals surface area contributed by atoms with E-state index in [1.54, 1.807) is 4.90 Å². The van der Waals surface area contributed by atoms with Crippen LogP contribution in [0.1, 0.15) is 36.3 Å². The van der Waals surface area contributed by atoms with E-state index in [-0.39, 0.29) is 11.8 Å². The number of amides is 2. The van der Waals surface area contributed by atoms with E-state index in [0.29, 0.717) is 45.1 Å². The fourth-order valence-electron chi connectivity index (χ4n) is 4.55. The summed E-state index contributed by atoms with van der Waals surface area (Å²) in [6, 6.07) is 14.0. The molecular formula is C26H31N3O4. The van der Waals surface area contributed by atoms with Crippen molar-refractivity contribution in [3.63, 3.8) is 0 Å². The van der Waals surface area contributed by atoms with Gasteiger partial charge in [-0.3, -0.25) is 14.5 Å². The quantitative estimate of drug-likeness (QED) is 0.671. The van der Waals surface area contributed by atoms with E-state index in [1.807, 2.05) is 37.3 Å². The SMILES string of the molecule is Cc1cc(N2CC[C@H](Oc3ccc(C4CC4)cc3)C2=O)ccc1OCCN1CCNC(=O)C1. The van der Waals surface area contributed by atoms with Gasteiger partial charge in [-0.15, -0.1) is 0 Å². The molecule has 0 radical (unpaired) electrons. The maximum Gasteiger partial charge on any atom is 0.268 e. The van der Waals surface area contributed by atoms with Crippen LogP contribution in [0, 0.1) is 6.92 Å². The molecule has 174 valence electrons. The lowest BCUT2D eigenvalue weighted by molar-refractivity contribution is -0.124. The van der Waals surface area contributed by atoms with Crippen LogP contribution in [0.25, 0.3) is 0 Å². The van der Waals surface area contributed by atoms with Crippen LogP contribution in [0.5, 0.6) is 11.5 Å². The third-order valence-electron chi connectivity index (χ3n) is 6.62. The number of nitrogens with zero attached hydrogens (tertiary/aromatic N) is 2. The second-order valence-corrected chi connectivity index (χ2v) is 9.15. The van der Waals surface area contributed by atoms with Gasteiger partial charge in [0.1, 0.15) is 18.1 Å². The molecule has 2 aromatic rings. The highest BCUT2D eigenvalue weighted by molar-refractivity contribution is 5.99. The molecule has 0 unspecified atom stereocenters. The van der Waals surface area contributed by atoms with E-state index in [2.05, 4.69) is 22.3 Å². The van der Waals surface area contributed by atoms with Crippen molar-refractivity contribution in [3.05, 3.63) is 53.6 Å². The van der Waals surface area contributed by atoms with Crippen LogP contribution in [-0.2, 0) is 9.59 Å². The van der Waals surface area contributed by atoms with E-state index in [1.165, 1.54) is 18.4 Å². The number of aryl methyl sites for hydroxylation is 1. The van der Waals surface area contributed by atoms with Crippen LogP contribution in [-0.4, -0.2) is 62.1 Å². The summed E-state index contributed by atoms with van der Waals surface area (Å²) in [6.07, 6.45) is 2.77. The third kappa shape index (κ3) is 5.14. The zero-order valence-electron chi connectivity index (χ0n) is 19.1. The largest absolute Gasteiger partial charge is 0.492 e. The summed E-state index contributed by atoms with van der Waals surface area (Å²) in [5.74, 6) is 2.33. The number of hydrogen-bond acceptors (Lipinski definition) is 5. The molecule has 7 heteroatoms. The molecule has 0 spiro atoms. The Morgan fingerprint density at radius 3 is 2.58 bits per heavy atom. The van der Waals surface area contributed by atoms with E-state index in [0.717, 1.165) is 29.3 Å². The Labute approximate surface area is 194 Å². The first kappa shape index (κ1) is 21.8.